The van der Waals surface area contributed by atoms with Crippen LogP contribution in [0.25, 0.3) is 0 Å². The summed E-state index contributed by atoms with van der Waals surface area (Å²) in [5, 5.41) is 21.0. The number of aromatic hydroxyl groups is 2. The first-order valence-electron chi connectivity index (χ1n) is 10.4. The lowest BCUT2D eigenvalue weighted by Gasteiger charge is -2.23. The molecular weight excluding hydrogens is 392 g/mol. The van der Waals surface area contributed by atoms with E-state index < -0.39 is 0 Å². The number of phenols is 2. The van der Waals surface area contributed by atoms with Gasteiger partial charge in [-0.3, -0.25) is 4.79 Å². The predicted octanol–water partition coefficient (Wildman–Crippen LogP) is 4.19. The topological polar surface area (TPSA) is 82.9 Å². The van der Waals surface area contributed by atoms with E-state index in [1.807, 2.05) is 25.1 Å². The highest BCUT2D eigenvalue weighted by Crippen LogP contribution is 2.35. The third-order valence-electron chi connectivity index (χ3n) is 5.90. The maximum Gasteiger partial charge on any atom is 0.258 e. The standard InChI is InChI=1S/C25H26N2O4/c1-16-19(11-9-17-10-12-23(31-2)26-15-17)22(29)14-18-6-5-13-27(25(30)24(16)18)20-7-3-4-8-21(20)28/h3-4,7-8,10,12,14-15,28-29H,5-6,9,11,13H2,1-2H3. The first-order valence-corrected chi connectivity index (χ1v) is 10.4. The molecule has 2 aromatic carbocycles. The molecule has 6 nitrogen and oxygen atoms in total. The molecule has 1 aliphatic rings. The fraction of sp³-hybridized carbons (Fsp3) is 0.280. The number of carbonyl (C=O) groups excluding carboxylic acids is 1. The van der Waals surface area contributed by atoms with Gasteiger partial charge >= 0.3 is 0 Å². The van der Waals surface area contributed by atoms with E-state index in [0.717, 1.165) is 28.7 Å². The summed E-state index contributed by atoms with van der Waals surface area (Å²) in [6.45, 7) is 2.41. The maximum atomic E-state index is 13.5. The van der Waals surface area contributed by atoms with Crippen molar-refractivity contribution in [3.8, 4) is 17.4 Å². The number of rotatable bonds is 5. The molecular formula is C25H26N2O4. The molecule has 160 valence electrons. The van der Waals surface area contributed by atoms with Crippen LogP contribution in [0.15, 0.2) is 48.7 Å². The summed E-state index contributed by atoms with van der Waals surface area (Å²) in [6, 6.07) is 12.4. The van der Waals surface area contributed by atoms with E-state index in [1.165, 1.54) is 0 Å². The molecule has 1 aliphatic heterocycles. The van der Waals surface area contributed by atoms with Crippen LogP contribution in [-0.2, 0) is 19.3 Å². The lowest BCUT2D eigenvalue weighted by molar-refractivity contribution is 0.0987. The first-order chi connectivity index (χ1) is 15.0. The molecule has 6 heteroatoms. The van der Waals surface area contributed by atoms with Crippen LogP contribution in [0.2, 0.25) is 0 Å². The van der Waals surface area contributed by atoms with Crippen molar-refractivity contribution in [3.05, 3.63) is 76.5 Å². The molecule has 0 spiro atoms. The van der Waals surface area contributed by atoms with Crippen molar-refractivity contribution < 1.29 is 19.7 Å². The number of amides is 1. The van der Waals surface area contributed by atoms with E-state index in [4.69, 9.17) is 4.74 Å². The molecule has 2 heterocycles. The molecule has 0 fully saturated rings. The van der Waals surface area contributed by atoms with Gasteiger partial charge < -0.3 is 19.8 Å². The van der Waals surface area contributed by atoms with Gasteiger partial charge in [0.15, 0.2) is 0 Å². The Morgan fingerprint density at radius 3 is 2.61 bits per heavy atom. The highest BCUT2D eigenvalue weighted by atomic mass is 16.5. The summed E-state index contributed by atoms with van der Waals surface area (Å²) in [5.41, 5.74) is 4.58. The van der Waals surface area contributed by atoms with Gasteiger partial charge in [0.25, 0.3) is 5.91 Å². The lowest BCUT2D eigenvalue weighted by atomic mass is 9.91. The Morgan fingerprint density at radius 2 is 1.90 bits per heavy atom. The maximum absolute atomic E-state index is 13.5. The molecule has 1 aromatic heterocycles. The highest BCUT2D eigenvalue weighted by molar-refractivity contribution is 6.09. The molecule has 3 aromatic rings. The number of benzene rings is 2. The Labute approximate surface area is 181 Å². The van der Waals surface area contributed by atoms with Gasteiger partial charge in [-0.05, 0) is 73.1 Å². The number of methoxy groups -OCH3 is 1. The van der Waals surface area contributed by atoms with Crippen molar-refractivity contribution in [3.63, 3.8) is 0 Å². The minimum absolute atomic E-state index is 0.0861. The summed E-state index contributed by atoms with van der Waals surface area (Å²) in [4.78, 5) is 19.4. The van der Waals surface area contributed by atoms with E-state index >= 15 is 0 Å². The van der Waals surface area contributed by atoms with Crippen LogP contribution in [0.5, 0.6) is 17.4 Å². The molecule has 31 heavy (non-hydrogen) atoms. The minimum atomic E-state index is -0.140. The number of nitrogens with zero attached hydrogens (tertiary/aromatic N) is 2. The fourth-order valence-corrected chi connectivity index (χ4v) is 4.25. The van der Waals surface area contributed by atoms with E-state index in [0.29, 0.717) is 42.9 Å². The van der Waals surface area contributed by atoms with E-state index in [2.05, 4.69) is 4.98 Å². The monoisotopic (exact) mass is 418 g/mol. The summed E-state index contributed by atoms with van der Waals surface area (Å²) in [6.07, 6.45) is 4.48. The van der Waals surface area contributed by atoms with Gasteiger partial charge in [-0.15, -0.1) is 0 Å². The number of hydrogen-bond acceptors (Lipinski definition) is 5. The van der Waals surface area contributed by atoms with Gasteiger partial charge in [0.2, 0.25) is 5.88 Å². The minimum Gasteiger partial charge on any atom is -0.508 e. The van der Waals surface area contributed by atoms with Crippen LogP contribution in [0, 0.1) is 6.92 Å². The van der Waals surface area contributed by atoms with Gasteiger partial charge in [0.05, 0.1) is 12.8 Å². The molecule has 1 amide bonds. The average Bonchev–Trinajstić information content (AvgIpc) is 2.93. The largest absolute Gasteiger partial charge is 0.508 e. The number of pyridine rings is 1. The molecule has 0 unspecified atom stereocenters. The number of aromatic nitrogens is 1. The smallest absolute Gasteiger partial charge is 0.258 e. The zero-order chi connectivity index (χ0) is 22.0. The van der Waals surface area contributed by atoms with Gasteiger partial charge in [0.1, 0.15) is 11.5 Å². The quantitative estimate of drug-likeness (QED) is 0.649. The lowest BCUT2D eigenvalue weighted by Crippen LogP contribution is -2.31. The van der Waals surface area contributed by atoms with E-state index in [9.17, 15) is 15.0 Å². The van der Waals surface area contributed by atoms with E-state index in [1.54, 1.807) is 42.5 Å². The Hall–Kier alpha value is -3.54. The number of para-hydroxylation sites is 2. The van der Waals surface area contributed by atoms with Crippen molar-refractivity contribution in [2.75, 3.05) is 18.6 Å². The number of carbonyl (C=O) groups is 1. The van der Waals surface area contributed by atoms with Crippen LogP contribution < -0.4 is 9.64 Å². The van der Waals surface area contributed by atoms with Crippen LogP contribution in [-0.4, -0.2) is 34.8 Å². The van der Waals surface area contributed by atoms with Gasteiger partial charge in [0, 0.05) is 24.4 Å². The SMILES string of the molecule is COc1ccc(CCc2c(O)cc3c(c2C)C(=O)N(c2ccccc2O)CCC3)cn1. The molecule has 0 bridgehead atoms. The zero-order valence-electron chi connectivity index (χ0n) is 17.8. The summed E-state index contributed by atoms with van der Waals surface area (Å²) >= 11 is 0. The molecule has 0 aliphatic carbocycles. The third kappa shape index (κ3) is 4.06. The van der Waals surface area contributed by atoms with Gasteiger partial charge in [-0.1, -0.05) is 18.2 Å². The number of ether oxygens (including phenoxy) is 1. The van der Waals surface area contributed by atoms with Crippen LogP contribution in [0.4, 0.5) is 5.69 Å². The second-order valence-electron chi connectivity index (χ2n) is 7.79. The normalized spacial score (nSPS) is 13.6. The predicted molar refractivity (Wildman–Crippen MR) is 119 cm³/mol. The van der Waals surface area contributed by atoms with Crippen LogP contribution >= 0.6 is 0 Å². The number of aryl methyl sites for hydroxylation is 2. The van der Waals surface area contributed by atoms with Gasteiger partial charge in [-0.25, -0.2) is 4.98 Å². The van der Waals surface area contributed by atoms with Crippen molar-refractivity contribution in [1.82, 2.24) is 4.98 Å². The third-order valence-corrected chi connectivity index (χ3v) is 5.90. The Kier molecular flexibility index (Phi) is 5.80. The fourth-order valence-electron chi connectivity index (χ4n) is 4.25. The number of fused-ring (bicyclic) bond motifs is 1. The molecule has 0 atom stereocenters. The van der Waals surface area contributed by atoms with Crippen LogP contribution in [0.3, 0.4) is 0 Å². The summed E-state index contributed by atoms with van der Waals surface area (Å²) in [7, 11) is 1.58. The van der Waals surface area contributed by atoms with Gasteiger partial charge in [-0.2, -0.15) is 0 Å². The second-order valence-corrected chi connectivity index (χ2v) is 7.79. The number of phenolic OH excluding ortho intramolecular Hbond substituents is 2. The number of anilines is 1. The zero-order valence-corrected chi connectivity index (χ0v) is 17.8. The molecule has 2 N–H and O–H groups in total. The van der Waals surface area contributed by atoms with Crippen molar-refractivity contribution in [2.24, 2.45) is 0 Å². The summed E-state index contributed by atoms with van der Waals surface area (Å²) in [5.74, 6) is 0.728. The van der Waals surface area contributed by atoms with Crippen LogP contribution in [0.1, 0.15) is 39.0 Å². The Balaban J connectivity index is 1.67. The highest BCUT2D eigenvalue weighted by Gasteiger charge is 2.28. The second kappa shape index (κ2) is 8.68. The summed E-state index contributed by atoms with van der Waals surface area (Å²) < 4.78 is 5.10. The molecule has 0 radical (unpaired) electrons. The van der Waals surface area contributed by atoms with Crippen molar-refractivity contribution >= 4 is 11.6 Å². The first kappa shape index (κ1) is 20.7. The average molecular weight is 418 g/mol. The van der Waals surface area contributed by atoms with Crippen molar-refractivity contribution in [1.29, 1.82) is 0 Å². The van der Waals surface area contributed by atoms with Crippen molar-refractivity contribution in [2.45, 2.75) is 32.6 Å². The van der Waals surface area contributed by atoms with E-state index in [-0.39, 0.29) is 17.4 Å². The molecule has 4 rings (SSSR count). The Morgan fingerprint density at radius 1 is 1.10 bits per heavy atom. The number of hydrogen-bond donors (Lipinski definition) is 2. The molecule has 0 saturated heterocycles. The Bertz CT molecular complexity index is 1110. The molecule has 0 saturated carbocycles.